The molecule has 4 heteroatoms. The molecule has 0 amide bonds. The first-order valence-electron chi connectivity index (χ1n) is 9.68. The van der Waals surface area contributed by atoms with Gasteiger partial charge in [-0.3, -0.25) is 4.79 Å². The second-order valence-electron chi connectivity index (χ2n) is 10.0. The number of hydrogen-bond acceptors (Lipinski definition) is 4. The number of carbonyl (C=O) groups is 1. The van der Waals surface area contributed by atoms with Gasteiger partial charge in [0.1, 0.15) is 5.78 Å². The molecule has 0 aromatic rings. The molecule has 0 radical (unpaired) electrons. The molecule has 5 aliphatic carbocycles. The molecule has 1 aliphatic heterocycles. The fraction of sp³-hybridized carbons (Fsp3) is 0.850. The van der Waals surface area contributed by atoms with Crippen LogP contribution in [0.2, 0.25) is 0 Å². The smallest absolute Gasteiger partial charge is 0.140 e. The third-order valence-corrected chi connectivity index (χ3v) is 9.77. The molecule has 6 fully saturated rings. The van der Waals surface area contributed by atoms with Crippen LogP contribution in [0.15, 0.2) is 12.2 Å². The normalized spacial score (nSPS) is 66.0. The molecular formula is C20H27NO3. The van der Waals surface area contributed by atoms with Crippen molar-refractivity contribution >= 4 is 5.78 Å². The minimum absolute atomic E-state index is 0.124. The van der Waals surface area contributed by atoms with Crippen molar-refractivity contribution in [1.29, 1.82) is 0 Å². The Hall–Kier alpha value is -0.710. The third-order valence-electron chi connectivity index (χ3n) is 9.77. The average molecular weight is 329 g/mol. The van der Waals surface area contributed by atoms with Gasteiger partial charge in [-0.2, -0.15) is 0 Å². The number of rotatable bonds is 0. The summed E-state index contributed by atoms with van der Waals surface area (Å²) in [5.74, 6) is 1.12. The molecular weight excluding hydrogens is 302 g/mol. The first kappa shape index (κ1) is 14.5. The van der Waals surface area contributed by atoms with Crippen molar-refractivity contribution in [2.75, 3.05) is 6.54 Å². The first-order valence-corrected chi connectivity index (χ1v) is 9.68. The molecule has 7 bridgehead atoms. The summed E-state index contributed by atoms with van der Waals surface area (Å²) < 4.78 is 0. The van der Waals surface area contributed by atoms with E-state index < -0.39 is 6.10 Å². The number of aliphatic hydroxyl groups is 2. The van der Waals surface area contributed by atoms with Crippen molar-refractivity contribution in [3.05, 3.63) is 12.2 Å². The number of aliphatic hydroxyl groups excluding tert-OH is 2. The van der Waals surface area contributed by atoms with Gasteiger partial charge in [0.25, 0.3) is 0 Å². The monoisotopic (exact) mass is 329 g/mol. The zero-order valence-corrected chi connectivity index (χ0v) is 14.3. The molecule has 24 heavy (non-hydrogen) atoms. The highest BCUT2D eigenvalue weighted by Crippen LogP contribution is 2.81. The molecule has 0 unspecified atom stereocenters. The summed E-state index contributed by atoms with van der Waals surface area (Å²) in [7, 11) is 0. The summed E-state index contributed by atoms with van der Waals surface area (Å²) in [6, 6.07) is 0.267. The summed E-state index contributed by atoms with van der Waals surface area (Å²) in [6.07, 6.45) is 3.43. The van der Waals surface area contributed by atoms with E-state index in [1.54, 1.807) is 0 Å². The van der Waals surface area contributed by atoms with E-state index in [9.17, 15) is 15.0 Å². The maximum Gasteiger partial charge on any atom is 0.140 e. The van der Waals surface area contributed by atoms with Gasteiger partial charge in [0.05, 0.1) is 12.2 Å². The van der Waals surface area contributed by atoms with Crippen LogP contribution < -0.4 is 5.32 Å². The topological polar surface area (TPSA) is 69.6 Å². The SMILES string of the molecule is C=C1[C@H]2C[C@@]3([C@@H]1O)[C@@H](CC2=O)[C@]12[C@@H]4C[C@H]3[C@@H]1NC[C@]4(C)CC[C@@H]2O. The van der Waals surface area contributed by atoms with Crippen molar-refractivity contribution in [3.63, 3.8) is 0 Å². The van der Waals surface area contributed by atoms with Crippen molar-refractivity contribution < 1.29 is 15.0 Å². The van der Waals surface area contributed by atoms with E-state index >= 15 is 0 Å². The van der Waals surface area contributed by atoms with Crippen molar-refractivity contribution in [1.82, 2.24) is 5.32 Å². The average Bonchev–Trinajstić information content (AvgIpc) is 3.05. The van der Waals surface area contributed by atoms with Gasteiger partial charge in [-0.05, 0) is 54.4 Å². The largest absolute Gasteiger partial charge is 0.392 e. The number of carbonyl (C=O) groups excluding carboxylic acids is 1. The van der Waals surface area contributed by atoms with E-state index in [4.69, 9.17) is 0 Å². The van der Waals surface area contributed by atoms with E-state index in [0.717, 1.165) is 37.8 Å². The molecule has 0 aromatic carbocycles. The molecule has 1 heterocycles. The number of piperidine rings is 1. The highest BCUT2D eigenvalue weighted by Gasteiger charge is 2.84. The van der Waals surface area contributed by atoms with Gasteiger partial charge in [0, 0.05) is 35.8 Å². The first-order chi connectivity index (χ1) is 11.4. The molecule has 6 aliphatic rings. The minimum atomic E-state index is -0.563. The standard InChI is InChI=1S/C20H27NO3/c1-9-10-7-19(17(9)24)11-5-13-18(2)4-3-15(23)20(13,16(11)21-8-18)14(19)6-12(10)22/h10-11,13-17,21,23-24H,1,3-8H2,2H3/t10-,11+,13-,14-,15+,16+,17-,18+,19+,20+/m1/s1. The predicted octanol–water partition coefficient (Wildman–Crippen LogP) is 1.27. The van der Waals surface area contributed by atoms with Gasteiger partial charge < -0.3 is 15.5 Å². The van der Waals surface area contributed by atoms with Crippen LogP contribution in [0, 0.1) is 39.9 Å². The summed E-state index contributed by atoms with van der Waals surface area (Å²) >= 11 is 0. The van der Waals surface area contributed by atoms with Crippen molar-refractivity contribution in [2.24, 2.45) is 39.9 Å². The van der Waals surface area contributed by atoms with E-state index in [-0.39, 0.29) is 46.0 Å². The Labute approximate surface area is 142 Å². The van der Waals surface area contributed by atoms with Gasteiger partial charge in [0.2, 0.25) is 0 Å². The van der Waals surface area contributed by atoms with Crippen molar-refractivity contribution in [3.8, 4) is 0 Å². The van der Waals surface area contributed by atoms with E-state index in [2.05, 4.69) is 18.8 Å². The van der Waals surface area contributed by atoms with Gasteiger partial charge >= 0.3 is 0 Å². The quantitative estimate of drug-likeness (QED) is 0.586. The van der Waals surface area contributed by atoms with Crippen LogP contribution in [-0.2, 0) is 4.79 Å². The second kappa shape index (κ2) is 3.84. The fourth-order valence-electron chi connectivity index (χ4n) is 9.05. The van der Waals surface area contributed by atoms with Gasteiger partial charge in [-0.1, -0.05) is 13.5 Å². The molecule has 1 saturated heterocycles. The number of fused-ring (bicyclic) bond motifs is 1. The van der Waals surface area contributed by atoms with E-state index in [0.29, 0.717) is 18.3 Å². The van der Waals surface area contributed by atoms with Crippen LogP contribution in [0.1, 0.15) is 39.0 Å². The lowest BCUT2D eigenvalue weighted by molar-refractivity contribution is -0.191. The Morgan fingerprint density at radius 2 is 2.08 bits per heavy atom. The van der Waals surface area contributed by atoms with Gasteiger partial charge in [-0.25, -0.2) is 0 Å². The van der Waals surface area contributed by atoms with E-state index in [1.807, 2.05) is 0 Å². The number of Topliss-reactive ketones (excluding diaryl/α,β-unsaturated/α-hetero) is 1. The molecule has 0 aromatic heterocycles. The summed E-state index contributed by atoms with van der Waals surface area (Å²) in [5.41, 5.74) is 0.566. The Kier molecular flexibility index (Phi) is 2.31. The van der Waals surface area contributed by atoms with E-state index in [1.165, 1.54) is 0 Å². The molecule has 10 atom stereocenters. The lowest BCUT2D eigenvalue weighted by Crippen LogP contribution is -2.67. The number of nitrogens with one attached hydrogen (secondary N) is 1. The highest BCUT2D eigenvalue weighted by atomic mass is 16.3. The highest BCUT2D eigenvalue weighted by molar-refractivity contribution is 5.87. The van der Waals surface area contributed by atoms with Crippen LogP contribution in [-0.4, -0.2) is 40.8 Å². The molecule has 4 nitrogen and oxygen atoms in total. The van der Waals surface area contributed by atoms with Crippen LogP contribution in [0.5, 0.6) is 0 Å². The van der Waals surface area contributed by atoms with Gasteiger partial charge in [0.15, 0.2) is 0 Å². The zero-order valence-electron chi connectivity index (χ0n) is 14.3. The Bertz CT molecular complexity index is 690. The summed E-state index contributed by atoms with van der Waals surface area (Å²) in [6.45, 7) is 7.50. The summed E-state index contributed by atoms with van der Waals surface area (Å²) in [4.78, 5) is 12.8. The molecule has 6 rings (SSSR count). The van der Waals surface area contributed by atoms with Crippen LogP contribution >= 0.6 is 0 Å². The minimum Gasteiger partial charge on any atom is -0.392 e. The van der Waals surface area contributed by atoms with Crippen LogP contribution in [0.25, 0.3) is 0 Å². The lowest BCUT2D eigenvalue weighted by Gasteiger charge is -2.63. The molecule has 5 saturated carbocycles. The zero-order chi connectivity index (χ0) is 16.6. The fourth-order valence-corrected chi connectivity index (χ4v) is 9.05. The molecule has 130 valence electrons. The second-order valence-corrected chi connectivity index (χ2v) is 10.0. The number of hydrogen-bond donors (Lipinski definition) is 3. The Morgan fingerprint density at radius 1 is 1.29 bits per heavy atom. The maximum absolute atomic E-state index is 12.8. The molecule has 2 spiro atoms. The Morgan fingerprint density at radius 3 is 2.88 bits per heavy atom. The molecule has 3 N–H and O–H groups in total. The summed E-state index contributed by atoms with van der Waals surface area (Å²) in [5, 5.41) is 26.2. The number of ketones is 1. The third kappa shape index (κ3) is 1.12. The van der Waals surface area contributed by atoms with Crippen LogP contribution in [0.4, 0.5) is 0 Å². The van der Waals surface area contributed by atoms with Crippen LogP contribution in [0.3, 0.4) is 0 Å². The predicted molar refractivity (Wildman–Crippen MR) is 88.0 cm³/mol. The lowest BCUT2D eigenvalue weighted by atomic mass is 9.43. The Balaban J connectivity index is 1.61. The van der Waals surface area contributed by atoms with Gasteiger partial charge in [-0.15, -0.1) is 0 Å². The van der Waals surface area contributed by atoms with Crippen molar-refractivity contribution in [2.45, 2.75) is 57.3 Å². The maximum atomic E-state index is 12.8.